The van der Waals surface area contributed by atoms with Crippen LogP contribution in [0.4, 0.5) is 13.2 Å². The minimum absolute atomic E-state index is 0.142. The van der Waals surface area contributed by atoms with Gasteiger partial charge in [-0.1, -0.05) is 0 Å². The maximum absolute atomic E-state index is 10.7. The van der Waals surface area contributed by atoms with Crippen LogP contribution in [0.25, 0.3) is 0 Å². The van der Waals surface area contributed by atoms with Crippen molar-refractivity contribution in [2.75, 3.05) is 14.2 Å². The Morgan fingerprint density at radius 2 is 1.73 bits per heavy atom. The number of halogens is 3. The Bertz CT molecular complexity index is 731. The van der Waals surface area contributed by atoms with E-state index in [2.05, 4.69) is 13.9 Å². The highest BCUT2D eigenvalue weighted by Gasteiger charge is 2.44. The lowest BCUT2D eigenvalue weighted by Crippen LogP contribution is -2.21. The van der Waals surface area contributed by atoms with Crippen LogP contribution in [0.3, 0.4) is 0 Å². The highest BCUT2D eigenvalue weighted by atomic mass is 32.2. The summed E-state index contributed by atoms with van der Waals surface area (Å²) in [6.45, 7) is 0. The van der Waals surface area contributed by atoms with Crippen molar-refractivity contribution in [1.82, 2.24) is 0 Å². The third kappa shape index (κ3) is 11.7. The Kier molecular flexibility index (Phi) is 11.5. The number of aldehydes is 1. The number of esters is 2. The Balaban J connectivity index is 0. The van der Waals surface area contributed by atoms with Crippen molar-refractivity contribution in [1.29, 1.82) is 0 Å². The van der Waals surface area contributed by atoms with Crippen LogP contribution in [0.15, 0.2) is 27.6 Å². The number of methoxy groups -OCH3 is 2. The normalized spacial score (nSPS) is 10.2. The van der Waals surface area contributed by atoms with E-state index in [1.807, 2.05) is 0 Å². The van der Waals surface area contributed by atoms with Crippen LogP contribution in [0.5, 0.6) is 0 Å². The standard InChI is InChI=1S/C7H6O4.C4H6O3.CHF3O3S/c1-10-7(9)5-2-3-6(8)11-4-5;1-7-4(6)2-3-5;2-1(3,4)8(5,6)7/h2-4H,1H3;3H,2H2,1H3;(H,5,6,7). The number of carbonyl (C=O) groups excluding carboxylic acids is 3. The van der Waals surface area contributed by atoms with Gasteiger partial charge >= 0.3 is 33.2 Å². The van der Waals surface area contributed by atoms with Gasteiger partial charge in [-0.2, -0.15) is 21.6 Å². The lowest BCUT2D eigenvalue weighted by atomic mass is 10.3. The van der Waals surface area contributed by atoms with Crippen molar-refractivity contribution >= 4 is 28.3 Å². The Hall–Kier alpha value is -2.74. The van der Waals surface area contributed by atoms with E-state index in [0.717, 1.165) is 12.3 Å². The topological polar surface area (TPSA) is 154 Å². The maximum Gasteiger partial charge on any atom is 0.522 e. The van der Waals surface area contributed by atoms with Gasteiger partial charge in [0.2, 0.25) is 0 Å². The SMILES string of the molecule is COC(=O)CC=O.COC(=O)c1ccc(=O)oc1.O=S(=O)(O)C(F)(F)F. The summed E-state index contributed by atoms with van der Waals surface area (Å²) in [6.07, 6.45) is 1.43. The molecule has 0 aliphatic heterocycles. The molecule has 1 heterocycles. The smallest absolute Gasteiger partial charge is 0.469 e. The van der Waals surface area contributed by atoms with E-state index in [0.29, 0.717) is 6.29 Å². The number of rotatable bonds is 3. The summed E-state index contributed by atoms with van der Waals surface area (Å²) in [7, 11) is -3.34. The van der Waals surface area contributed by atoms with Crippen molar-refractivity contribution in [3.8, 4) is 0 Å². The Morgan fingerprint density at radius 1 is 1.23 bits per heavy atom. The van der Waals surface area contributed by atoms with Crippen molar-refractivity contribution in [3.63, 3.8) is 0 Å². The van der Waals surface area contributed by atoms with E-state index < -0.39 is 33.2 Å². The summed E-state index contributed by atoms with van der Waals surface area (Å²) >= 11 is 0. The van der Waals surface area contributed by atoms with Gasteiger partial charge in [0.25, 0.3) is 0 Å². The summed E-state index contributed by atoms with van der Waals surface area (Å²) in [5, 5.41) is 0. The summed E-state index contributed by atoms with van der Waals surface area (Å²) in [5.41, 5.74) is -5.79. The van der Waals surface area contributed by atoms with Gasteiger partial charge in [-0.15, -0.1) is 0 Å². The fourth-order valence-electron chi connectivity index (χ4n) is 0.743. The van der Waals surface area contributed by atoms with E-state index in [1.165, 1.54) is 20.3 Å². The van der Waals surface area contributed by atoms with Gasteiger partial charge in [-0.05, 0) is 6.07 Å². The van der Waals surface area contributed by atoms with E-state index in [9.17, 15) is 32.3 Å². The van der Waals surface area contributed by atoms with E-state index in [-0.39, 0.29) is 12.0 Å². The first-order valence-corrected chi connectivity index (χ1v) is 7.45. The summed E-state index contributed by atoms with van der Waals surface area (Å²) in [4.78, 5) is 40.6. The van der Waals surface area contributed by atoms with Crippen LogP contribution in [-0.2, 0) is 29.2 Å². The first-order chi connectivity index (χ1) is 11.8. The van der Waals surface area contributed by atoms with E-state index in [1.54, 1.807) is 0 Å². The molecule has 0 fully saturated rings. The van der Waals surface area contributed by atoms with Crippen molar-refractivity contribution in [2.24, 2.45) is 0 Å². The lowest BCUT2D eigenvalue weighted by molar-refractivity contribution is -0.141. The van der Waals surface area contributed by atoms with Crippen LogP contribution in [0, 0.1) is 0 Å². The molecule has 0 saturated heterocycles. The summed E-state index contributed by atoms with van der Waals surface area (Å²) in [5.74, 6) is -1.01. The predicted molar refractivity (Wildman–Crippen MR) is 76.6 cm³/mol. The molecule has 1 N–H and O–H groups in total. The quantitative estimate of drug-likeness (QED) is 0.248. The van der Waals surface area contributed by atoms with E-state index >= 15 is 0 Å². The monoisotopic (exact) mass is 406 g/mol. The van der Waals surface area contributed by atoms with Crippen LogP contribution < -0.4 is 5.63 Å². The molecule has 14 heteroatoms. The minimum atomic E-state index is -5.84. The Labute approximate surface area is 144 Å². The molecule has 148 valence electrons. The van der Waals surface area contributed by atoms with Gasteiger partial charge in [0, 0.05) is 6.07 Å². The second-order valence-corrected chi connectivity index (χ2v) is 5.12. The zero-order chi connectivity index (χ0) is 21.0. The number of ether oxygens (including phenoxy) is 2. The third-order valence-corrected chi connectivity index (χ3v) is 2.48. The number of hydrogen-bond acceptors (Lipinski definition) is 9. The fourth-order valence-corrected chi connectivity index (χ4v) is 0.743. The summed E-state index contributed by atoms with van der Waals surface area (Å²) < 4.78 is 70.5. The second kappa shape index (κ2) is 11.8. The predicted octanol–water partition coefficient (Wildman–Crippen LogP) is 0.569. The van der Waals surface area contributed by atoms with Crippen LogP contribution in [0.2, 0.25) is 0 Å². The molecule has 1 aromatic rings. The molecular formula is C12H13F3O10S. The van der Waals surface area contributed by atoms with Crippen molar-refractivity contribution < 1.29 is 54.4 Å². The zero-order valence-corrected chi connectivity index (χ0v) is 14.0. The first kappa shape index (κ1) is 25.5. The van der Waals surface area contributed by atoms with Gasteiger partial charge in [0.05, 0.1) is 19.8 Å². The van der Waals surface area contributed by atoms with Gasteiger partial charge < -0.3 is 18.7 Å². The second-order valence-electron chi connectivity index (χ2n) is 3.70. The molecule has 0 aliphatic rings. The average molecular weight is 406 g/mol. The molecular weight excluding hydrogens is 393 g/mol. The molecule has 0 aromatic carbocycles. The largest absolute Gasteiger partial charge is 0.522 e. The average Bonchev–Trinajstić information content (AvgIpc) is 2.54. The van der Waals surface area contributed by atoms with Gasteiger partial charge in [0.15, 0.2) is 0 Å². The zero-order valence-electron chi connectivity index (χ0n) is 13.2. The molecule has 26 heavy (non-hydrogen) atoms. The number of carbonyl (C=O) groups is 3. The fraction of sp³-hybridized carbons (Fsp3) is 0.333. The van der Waals surface area contributed by atoms with Gasteiger partial charge in [-0.25, -0.2) is 9.59 Å². The molecule has 10 nitrogen and oxygen atoms in total. The molecule has 0 saturated carbocycles. The first-order valence-electron chi connectivity index (χ1n) is 6.01. The highest BCUT2D eigenvalue weighted by Crippen LogP contribution is 2.20. The van der Waals surface area contributed by atoms with Gasteiger partial charge in [0.1, 0.15) is 19.0 Å². The molecule has 0 atom stereocenters. The van der Waals surface area contributed by atoms with Crippen LogP contribution >= 0.6 is 0 Å². The molecule has 0 spiro atoms. The molecule has 1 rings (SSSR count). The van der Waals surface area contributed by atoms with E-state index in [4.69, 9.17) is 13.0 Å². The Morgan fingerprint density at radius 3 is 1.96 bits per heavy atom. The summed E-state index contributed by atoms with van der Waals surface area (Å²) in [6, 6.07) is 2.50. The molecule has 0 aliphatic carbocycles. The molecule has 1 aromatic heterocycles. The lowest BCUT2D eigenvalue weighted by Gasteiger charge is -1.97. The number of alkyl halides is 3. The molecule has 0 radical (unpaired) electrons. The number of hydrogen-bond donors (Lipinski definition) is 1. The molecule has 0 unspecified atom stereocenters. The van der Waals surface area contributed by atoms with Crippen molar-refractivity contribution in [3.05, 3.63) is 34.4 Å². The maximum atomic E-state index is 10.7. The van der Waals surface area contributed by atoms with Gasteiger partial charge in [-0.3, -0.25) is 9.35 Å². The highest BCUT2D eigenvalue weighted by molar-refractivity contribution is 7.86. The van der Waals surface area contributed by atoms with Crippen molar-refractivity contribution in [2.45, 2.75) is 11.9 Å². The minimum Gasteiger partial charge on any atom is -0.469 e. The van der Waals surface area contributed by atoms with Crippen LogP contribution in [-0.4, -0.2) is 50.9 Å². The molecule has 0 bridgehead atoms. The van der Waals surface area contributed by atoms with Crippen LogP contribution in [0.1, 0.15) is 16.8 Å². The third-order valence-electron chi connectivity index (χ3n) is 1.89. The molecule has 0 amide bonds.